The number of benzene rings is 2. The molecule has 0 aliphatic heterocycles. The Morgan fingerprint density at radius 2 is 1.69 bits per heavy atom. The first-order valence-electron chi connectivity index (χ1n) is 4.72. The lowest BCUT2D eigenvalue weighted by atomic mass is 10.0. The fraction of sp³-hybridized carbons (Fsp3) is 0.0769. The minimum Gasteiger partial charge on any atom is -0.0840 e. The Kier molecular flexibility index (Phi) is 3.44. The highest BCUT2D eigenvalue weighted by Gasteiger charge is 2.08. The van der Waals surface area contributed by atoms with Gasteiger partial charge in [0.2, 0.25) is 0 Å². The average Bonchev–Trinajstić information content (AvgIpc) is 2.23. The molecular weight excluding hydrogens is 263 g/mol. The monoisotopic (exact) mass is 269 g/mol. The third-order valence-corrected chi connectivity index (χ3v) is 3.35. The van der Waals surface area contributed by atoms with Gasteiger partial charge in [-0.3, -0.25) is 0 Å². The van der Waals surface area contributed by atoms with Gasteiger partial charge in [-0.2, -0.15) is 0 Å². The summed E-state index contributed by atoms with van der Waals surface area (Å²) in [5.74, 6) is 0. The maximum absolute atomic E-state index is 6.11. The van der Waals surface area contributed by atoms with Crippen molar-refractivity contribution in [2.24, 2.45) is 0 Å². The van der Waals surface area contributed by atoms with Gasteiger partial charge in [-0.15, -0.1) is 0 Å². The topological polar surface area (TPSA) is 0 Å². The fourth-order valence-electron chi connectivity index (χ4n) is 1.55. The van der Waals surface area contributed by atoms with E-state index < -0.39 is 0 Å². The molecule has 0 saturated carbocycles. The third-order valence-electron chi connectivity index (χ3n) is 2.42. The van der Waals surface area contributed by atoms with E-state index in [0.29, 0.717) is 10.0 Å². The quantitative estimate of drug-likeness (QED) is 0.649. The molecule has 16 heavy (non-hydrogen) atoms. The second kappa shape index (κ2) is 4.67. The molecule has 0 aliphatic carbocycles. The molecule has 0 saturated heterocycles. The molecule has 0 heterocycles. The molecule has 1 radical (unpaired) electrons. The maximum atomic E-state index is 6.11. The fourth-order valence-corrected chi connectivity index (χ4v) is 2.20. The molecule has 0 unspecified atom stereocenters. The summed E-state index contributed by atoms with van der Waals surface area (Å²) in [6.07, 6.45) is 0. The van der Waals surface area contributed by atoms with E-state index in [-0.39, 0.29) is 0 Å². The summed E-state index contributed by atoms with van der Waals surface area (Å²) in [6.45, 7) is 1.96. The van der Waals surface area contributed by atoms with E-state index in [1.165, 1.54) is 0 Å². The smallest absolute Gasteiger partial charge is 0.0578 e. The molecule has 2 rings (SSSR count). The number of hydrogen-bond donors (Lipinski definition) is 0. The molecule has 81 valence electrons. The summed E-state index contributed by atoms with van der Waals surface area (Å²) in [4.78, 5) is 0. The van der Waals surface area contributed by atoms with Gasteiger partial charge in [0.25, 0.3) is 0 Å². The van der Waals surface area contributed by atoms with Crippen molar-refractivity contribution in [1.82, 2.24) is 0 Å². The van der Waals surface area contributed by atoms with Crippen molar-refractivity contribution in [2.75, 3.05) is 0 Å². The molecule has 2 aromatic carbocycles. The van der Waals surface area contributed by atoms with Gasteiger partial charge >= 0.3 is 0 Å². The summed E-state index contributed by atoms with van der Waals surface area (Å²) in [6, 6.07) is 12.2. The maximum Gasteiger partial charge on any atom is 0.0578 e. The molecular formula is C13H8Cl3. The zero-order valence-electron chi connectivity index (χ0n) is 8.52. The van der Waals surface area contributed by atoms with Crippen LogP contribution < -0.4 is 0 Å². The van der Waals surface area contributed by atoms with Gasteiger partial charge in [-0.05, 0) is 30.2 Å². The highest BCUT2D eigenvalue weighted by Crippen LogP contribution is 2.34. The zero-order valence-corrected chi connectivity index (χ0v) is 10.8. The van der Waals surface area contributed by atoms with Gasteiger partial charge < -0.3 is 0 Å². The van der Waals surface area contributed by atoms with Crippen LogP contribution in [0.2, 0.25) is 15.1 Å². The van der Waals surface area contributed by atoms with Crippen molar-refractivity contribution >= 4 is 34.8 Å². The summed E-state index contributed by atoms with van der Waals surface area (Å²) >= 11 is 18.0. The standard InChI is InChI=1S/C13H8Cl3/c1-8-10(3-2-4-12(8)15)11-6-5-9(14)7-13(11)16/h2-6H,1H3. The summed E-state index contributed by atoms with van der Waals surface area (Å²) < 4.78 is 0. The van der Waals surface area contributed by atoms with Crippen molar-refractivity contribution in [3.8, 4) is 11.1 Å². The Morgan fingerprint density at radius 1 is 0.938 bits per heavy atom. The van der Waals surface area contributed by atoms with E-state index in [1.54, 1.807) is 6.07 Å². The lowest BCUT2D eigenvalue weighted by molar-refractivity contribution is 1.46. The van der Waals surface area contributed by atoms with Crippen LogP contribution in [-0.4, -0.2) is 0 Å². The molecule has 0 aliphatic rings. The molecule has 2 aromatic rings. The number of rotatable bonds is 1. The molecule has 3 heteroatoms. The van der Waals surface area contributed by atoms with Crippen molar-refractivity contribution in [2.45, 2.75) is 6.92 Å². The molecule has 0 fully saturated rings. The van der Waals surface area contributed by atoms with Gasteiger partial charge in [0.05, 0.1) is 10.0 Å². The van der Waals surface area contributed by atoms with Crippen molar-refractivity contribution in [1.29, 1.82) is 0 Å². The third kappa shape index (κ3) is 2.20. The molecule has 0 bridgehead atoms. The first-order valence-corrected chi connectivity index (χ1v) is 5.86. The van der Waals surface area contributed by atoms with Crippen LogP contribution in [0, 0.1) is 13.0 Å². The van der Waals surface area contributed by atoms with E-state index in [2.05, 4.69) is 6.07 Å². The summed E-state index contributed by atoms with van der Waals surface area (Å²) in [5.41, 5.74) is 2.90. The van der Waals surface area contributed by atoms with E-state index in [0.717, 1.165) is 21.7 Å². The largest absolute Gasteiger partial charge is 0.0840 e. The highest BCUT2D eigenvalue weighted by molar-refractivity contribution is 6.36. The summed E-state index contributed by atoms with van der Waals surface area (Å²) in [7, 11) is 0. The molecule has 0 atom stereocenters. The van der Waals surface area contributed by atoms with Crippen LogP contribution in [0.15, 0.2) is 30.3 Å². The van der Waals surface area contributed by atoms with Crippen LogP contribution in [0.25, 0.3) is 11.1 Å². The molecule has 0 amide bonds. The first kappa shape index (κ1) is 11.8. The predicted octanol–water partition coefficient (Wildman–Crippen LogP) is 5.42. The van der Waals surface area contributed by atoms with Crippen LogP contribution in [-0.2, 0) is 0 Å². The zero-order chi connectivity index (χ0) is 11.7. The van der Waals surface area contributed by atoms with Crippen LogP contribution >= 0.6 is 34.8 Å². The van der Waals surface area contributed by atoms with E-state index >= 15 is 0 Å². The highest BCUT2D eigenvalue weighted by atomic mass is 35.5. The van der Waals surface area contributed by atoms with Gasteiger partial charge in [-0.25, -0.2) is 0 Å². The lowest BCUT2D eigenvalue weighted by Crippen LogP contribution is -1.85. The van der Waals surface area contributed by atoms with Crippen molar-refractivity contribution in [3.05, 3.63) is 57.0 Å². The van der Waals surface area contributed by atoms with Gasteiger partial charge in [0, 0.05) is 16.7 Å². The molecule has 0 N–H and O–H groups in total. The molecule has 0 aromatic heterocycles. The van der Waals surface area contributed by atoms with Crippen LogP contribution in [0.5, 0.6) is 0 Å². The first-order chi connectivity index (χ1) is 7.59. The Hall–Kier alpha value is -0.690. The van der Waals surface area contributed by atoms with Crippen LogP contribution in [0.4, 0.5) is 0 Å². The second-order valence-corrected chi connectivity index (χ2v) is 4.64. The van der Waals surface area contributed by atoms with E-state index in [4.69, 9.17) is 34.8 Å². The normalized spacial score (nSPS) is 10.5. The van der Waals surface area contributed by atoms with E-state index in [9.17, 15) is 0 Å². The van der Waals surface area contributed by atoms with Gasteiger partial charge in [-0.1, -0.05) is 53.0 Å². The van der Waals surface area contributed by atoms with Crippen molar-refractivity contribution in [3.63, 3.8) is 0 Å². The molecule has 0 spiro atoms. The number of halogens is 3. The lowest BCUT2D eigenvalue weighted by Gasteiger charge is -2.09. The minimum absolute atomic E-state index is 0.508. The van der Waals surface area contributed by atoms with E-state index in [1.807, 2.05) is 31.2 Å². The predicted molar refractivity (Wildman–Crippen MR) is 70.5 cm³/mol. The van der Waals surface area contributed by atoms with Crippen LogP contribution in [0.1, 0.15) is 5.56 Å². The van der Waals surface area contributed by atoms with Gasteiger partial charge in [0.15, 0.2) is 0 Å². The van der Waals surface area contributed by atoms with Crippen LogP contribution in [0.3, 0.4) is 0 Å². The number of hydrogen-bond acceptors (Lipinski definition) is 0. The Bertz CT molecular complexity index is 533. The van der Waals surface area contributed by atoms with Crippen molar-refractivity contribution < 1.29 is 0 Å². The Morgan fingerprint density at radius 3 is 2.38 bits per heavy atom. The van der Waals surface area contributed by atoms with Gasteiger partial charge in [0.1, 0.15) is 0 Å². The SMILES string of the molecule is Cc1c(Cl)cccc1-c1ccc(Cl)[c]c1Cl. The second-order valence-electron chi connectivity index (χ2n) is 3.45. The average molecular weight is 271 g/mol. The summed E-state index contributed by atoms with van der Waals surface area (Å²) in [5, 5.41) is 1.75. The Labute approximate surface area is 110 Å². The Balaban J connectivity index is 2.63. The molecule has 0 nitrogen and oxygen atoms in total. The minimum atomic E-state index is 0.508.